The Bertz CT molecular complexity index is 1030. The maximum absolute atomic E-state index is 13.0. The van der Waals surface area contributed by atoms with Crippen molar-refractivity contribution < 1.29 is 27.4 Å². The molecule has 0 radical (unpaired) electrons. The summed E-state index contributed by atoms with van der Waals surface area (Å²) in [4.78, 5) is 13.2. The predicted molar refractivity (Wildman–Crippen MR) is 132 cm³/mol. The summed E-state index contributed by atoms with van der Waals surface area (Å²) in [6.45, 7) is 7.90. The van der Waals surface area contributed by atoms with Gasteiger partial charge in [-0.05, 0) is 70.0 Å². The number of hydrogen-bond acceptors (Lipinski definition) is 6. The molecular weight excluding hydrogens is 456 g/mol. The van der Waals surface area contributed by atoms with E-state index in [2.05, 4.69) is 5.32 Å². The van der Waals surface area contributed by atoms with Crippen LogP contribution in [0.4, 0.5) is 5.69 Å². The van der Waals surface area contributed by atoms with Crippen LogP contribution >= 0.6 is 0 Å². The van der Waals surface area contributed by atoms with Gasteiger partial charge in [0, 0.05) is 24.3 Å². The highest BCUT2D eigenvalue weighted by Crippen LogP contribution is 2.39. The molecule has 0 aliphatic carbocycles. The van der Waals surface area contributed by atoms with E-state index in [0.29, 0.717) is 61.4 Å². The van der Waals surface area contributed by atoms with Crippen molar-refractivity contribution in [1.29, 1.82) is 0 Å². The molecule has 1 aliphatic rings. The molecule has 0 atom stereocenters. The monoisotopic (exact) mass is 490 g/mol. The molecule has 0 saturated carbocycles. The first-order valence-electron chi connectivity index (χ1n) is 11.9. The van der Waals surface area contributed by atoms with Gasteiger partial charge in [-0.1, -0.05) is 12.8 Å². The summed E-state index contributed by atoms with van der Waals surface area (Å²) in [5, 5.41) is 2.82. The van der Waals surface area contributed by atoms with E-state index in [0.717, 1.165) is 25.7 Å². The number of amides is 1. The molecule has 2 aromatic carbocycles. The van der Waals surface area contributed by atoms with Gasteiger partial charge in [-0.2, -0.15) is 4.31 Å². The van der Waals surface area contributed by atoms with Crippen LogP contribution in [0.2, 0.25) is 0 Å². The molecule has 8 nitrogen and oxygen atoms in total. The van der Waals surface area contributed by atoms with Gasteiger partial charge >= 0.3 is 0 Å². The number of sulfonamides is 1. The van der Waals surface area contributed by atoms with Crippen molar-refractivity contribution in [2.24, 2.45) is 0 Å². The number of nitrogens with zero attached hydrogens (tertiary/aromatic N) is 1. The first kappa shape index (κ1) is 25.8. The van der Waals surface area contributed by atoms with E-state index in [1.807, 2.05) is 20.8 Å². The molecular formula is C25H34N2O6S. The van der Waals surface area contributed by atoms with Gasteiger partial charge in [0.05, 0.1) is 24.7 Å². The van der Waals surface area contributed by atoms with Gasteiger partial charge in [0.15, 0.2) is 11.5 Å². The summed E-state index contributed by atoms with van der Waals surface area (Å²) in [6.07, 6.45) is 3.86. The van der Waals surface area contributed by atoms with Crippen molar-refractivity contribution in [3.63, 3.8) is 0 Å². The zero-order valence-corrected chi connectivity index (χ0v) is 20.9. The zero-order valence-electron chi connectivity index (χ0n) is 20.1. The van der Waals surface area contributed by atoms with Gasteiger partial charge in [0.1, 0.15) is 0 Å². The molecule has 34 heavy (non-hydrogen) atoms. The quantitative estimate of drug-likeness (QED) is 0.519. The molecule has 0 spiro atoms. The van der Waals surface area contributed by atoms with Crippen LogP contribution in [-0.2, 0) is 10.0 Å². The van der Waals surface area contributed by atoms with E-state index >= 15 is 0 Å². The number of nitrogens with one attached hydrogen (secondary N) is 1. The fourth-order valence-corrected chi connectivity index (χ4v) is 5.38. The lowest BCUT2D eigenvalue weighted by Gasteiger charge is -2.20. The Labute approximate surface area is 202 Å². The number of hydrogen-bond donors (Lipinski definition) is 1. The van der Waals surface area contributed by atoms with Gasteiger partial charge in [-0.25, -0.2) is 8.42 Å². The van der Waals surface area contributed by atoms with Crippen molar-refractivity contribution in [1.82, 2.24) is 4.31 Å². The minimum atomic E-state index is -3.54. The van der Waals surface area contributed by atoms with Crippen LogP contribution in [0.1, 0.15) is 56.8 Å². The van der Waals surface area contributed by atoms with E-state index in [9.17, 15) is 13.2 Å². The fourth-order valence-electron chi connectivity index (χ4n) is 3.86. The third kappa shape index (κ3) is 6.21. The number of carbonyl (C=O) groups is 1. The molecule has 1 N–H and O–H groups in total. The largest absolute Gasteiger partial charge is 0.490 e. The Balaban J connectivity index is 1.80. The topological polar surface area (TPSA) is 94.2 Å². The number of anilines is 1. The lowest BCUT2D eigenvalue weighted by Crippen LogP contribution is -2.31. The Hall–Kier alpha value is -2.78. The standard InChI is InChI=1S/C25H34N2O6S/c1-4-31-22-17-19(18-23(32-5-2)24(22)33-6-3)25(28)26-20-11-13-21(14-12-20)34(29,30)27-15-9-7-8-10-16-27/h11-14,17-18H,4-10,15-16H2,1-3H3,(H,26,28). The lowest BCUT2D eigenvalue weighted by molar-refractivity contribution is 0.102. The van der Waals surface area contributed by atoms with Crippen LogP contribution in [0.3, 0.4) is 0 Å². The Kier molecular flexibility index (Phi) is 9.18. The van der Waals surface area contributed by atoms with Crippen molar-refractivity contribution in [2.75, 3.05) is 38.2 Å². The number of rotatable bonds is 10. The number of ether oxygens (including phenoxy) is 3. The van der Waals surface area contributed by atoms with Crippen molar-refractivity contribution in [3.8, 4) is 17.2 Å². The number of carbonyl (C=O) groups excluding carboxylic acids is 1. The minimum Gasteiger partial charge on any atom is -0.490 e. The summed E-state index contributed by atoms with van der Waals surface area (Å²) in [7, 11) is -3.54. The van der Waals surface area contributed by atoms with E-state index in [1.54, 1.807) is 28.6 Å². The smallest absolute Gasteiger partial charge is 0.255 e. The molecule has 186 valence electrons. The second-order valence-corrected chi connectivity index (χ2v) is 9.84. The maximum atomic E-state index is 13.0. The minimum absolute atomic E-state index is 0.228. The molecule has 0 unspecified atom stereocenters. The van der Waals surface area contributed by atoms with E-state index in [1.165, 1.54) is 12.1 Å². The molecule has 9 heteroatoms. The van der Waals surface area contributed by atoms with E-state index in [4.69, 9.17) is 14.2 Å². The molecule has 3 rings (SSSR count). The Morgan fingerprint density at radius 2 is 1.38 bits per heavy atom. The van der Waals surface area contributed by atoms with E-state index in [-0.39, 0.29) is 10.8 Å². The summed E-state index contributed by atoms with van der Waals surface area (Å²) in [5.74, 6) is 0.956. The molecule has 1 heterocycles. The molecule has 0 bridgehead atoms. The average molecular weight is 491 g/mol. The summed E-state index contributed by atoms with van der Waals surface area (Å²) >= 11 is 0. The molecule has 1 aliphatic heterocycles. The molecule has 1 fully saturated rings. The highest BCUT2D eigenvalue weighted by molar-refractivity contribution is 7.89. The molecule has 0 aromatic heterocycles. The lowest BCUT2D eigenvalue weighted by atomic mass is 10.1. The third-order valence-electron chi connectivity index (χ3n) is 5.49. The maximum Gasteiger partial charge on any atom is 0.255 e. The third-order valence-corrected chi connectivity index (χ3v) is 7.40. The van der Waals surface area contributed by atoms with Crippen LogP contribution < -0.4 is 19.5 Å². The first-order chi connectivity index (χ1) is 16.4. The van der Waals surface area contributed by atoms with Crippen LogP contribution in [-0.4, -0.2) is 51.5 Å². The van der Waals surface area contributed by atoms with Crippen molar-refractivity contribution in [3.05, 3.63) is 42.0 Å². The zero-order chi connectivity index (χ0) is 24.6. The second-order valence-electron chi connectivity index (χ2n) is 7.90. The van der Waals surface area contributed by atoms with Gasteiger partial charge in [0.25, 0.3) is 5.91 Å². The van der Waals surface area contributed by atoms with E-state index < -0.39 is 10.0 Å². The van der Waals surface area contributed by atoms with Gasteiger partial charge < -0.3 is 19.5 Å². The predicted octanol–water partition coefficient (Wildman–Crippen LogP) is 4.70. The average Bonchev–Trinajstić information content (AvgIpc) is 3.12. The molecule has 1 amide bonds. The molecule has 1 saturated heterocycles. The Morgan fingerprint density at radius 1 is 0.853 bits per heavy atom. The van der Waals surface area contributed by atoms with Gasteiger partial charge in [0.2, 0.25) is 15.8 Å². The fraction of sp³-hybridized carbons (Fsp3) is 0.480. The highest BCUT2D eigenvalue weighted by Gasteiger charge is 2.25. The summed E-state index contributed by atoms with van der Waals surface area (Å²) in [6, 6.07) is 9.50. The second kappa shape index (κ2) is 12.1. The van der Waals surface area contributed by atoms with Crippen LogP contribution in [0, 0.1) is 0 Å². The van der Waals surface area contributed by atoms with Crippen LogP contribution in [0.15, 0.2) is 41.3 Å². The Morgan fingerprint density at radius 3 is 1.88 bits per heavy atom. The van der Waals surface area contributed by atoms with Crippen LogP contribution in [0.25, 0.3) is 0 Å². The van der Waals surface area contributed by atoms with Crippen molar-refractivity contribution in [2.45, 2.75) is 51.3 Å². The van der Waals surface area contributed by atoms with Crippen molar-refractivity contribution >= 4 is 21.6 Å². The highest BCUT2D eigenvalue weighted by atomic mass is 32.2. The SMILES string of the molecule is CCOc1cc(C(=O)Nc2ccc(S(=O)(=O)N3CCCCCC3)cc2)cc(OCC)c1OCC. The first-order valence-corrected chi connectivity index (χ1v) is 13.3. The van der Waals surface area contributed by atoms with Gasteiger partial charge in [-0.3, -0.25) is 4.79 Å². The normalized spacial score (nSPS) is 14.8. The van der Waals surface area contributed by atoms with Crippen LogP contribution in [0.5, 0.6) is 17.2 Å². The summed E-state index contributed by atoms with van der Waals surface area (Å²) < 4.78 is 44.6. The molecule has 2 aromatic rings. The summed E-state index contributed by atoms with van der Waals surface area (Å²) in [5.41, 5.74) is 0.834. The number of benzene rings is 2. The van der Waals surface area contributed by atoms with Gasteiger partial charge in [-0.15, -0.1) is 0 Å².